The molecule has 0 unspecified atom stereocenters. The van der Waals surface area contributed by atoms with Gasteiger partial charge in [0, 0.05) is 12.1 Å². The van der Waals surface area contributed by atoms with Crippen molar-refractivity contribution in [3.05, 3.63) is 47.5 Å². The lowest BCUT2D eigenvalue weighted by Gasteiger charge is -2.37. The van der Waals surface area contributed by atoms with Crippen LogP contribution < -0.4 is 19.7 Å². The van der Waals surface area contributed by atoms with Crippen molar-refractivity contribution in [1.82, 2.24) is 19.9 Å². The van der Waals surface area contributed by atoms with Crippen LogP contribution in [0.25, 0.3) is 5.65 Å². The summed E-state index contributed by atoms with van der Waals surface area (Å²) in [6, 6.07) is 4.44. The van der Waals surface area contributed by atoms with Crippen molar-refractivity contribution >= 4 is 17.4 Å². The molecule has 3 aromatic rings. The highest BCUT2D eigenvalue weighted by Crippen LogP contribution is 2.36. The predicted molar refractivity (Wildman–Crippen MR) is 103 cm³/mol. The normalized spacial score (nSPS) is 20.9. The minimum absolute atomic E-state index is 0.0501. The van der Waals surface area contributed by atoms with E-state index in [0.717, 1.165) is 6.42 Å². The standard InChI is InChI=1S/C20H20FN5O3/c1-3-14-10-28-17-9-26-18-15(7-22-26)20(27)23-11(2)29-16-5-4-13(21)6-12(16)8-25(14)19(17)24-18/h4-7,9,11,14H,3,8,10H2,1-2H3,(H,23,27)/t11-,14+/m0/s1. The minimum atomic E-state index is -0.619. The molecule has 8 nitrogen and oxygen atoms in total. The number of fused-ring (bicyclic) bond motifs is 1. The second-order valence-corrected chi connectivity index (χ2v) is 7.24. The molecule has 2 atom stereocenters. The summed E-state index contributed by atoms with van der Waals surface area (Å²) in [7, 11) is 0. The van der Waals surface area contributed by atoms with Gasteiger partial charge in [-0.3, -0.25) is 4.79 Å². The maximum absolute atomic E-state index is 14.0. The molecule has 9 heteroatoms. The van der Waals surface area contributed by atoms with Crippen LogP contribution in [0.4, 0.5) is 10.2 Å². The molecule has 4 heterocycles. The smallest absolute Gasteiger partial charge is 0.259 e. The van der Waals surface area contributed by atoms with E-state index in [1.165, 1.54) is 22.8 Å². The van der Waals surface area contributed by atoms with E-state index in [1.54, 1.807) is 19.2 Å². The molecule has 29 heavy (non-hydrogen) atoms. The molecule has 2 aliphatic rings. The van der Waals surface area contributed by atoms with E-state index >= 15 is 0 Å². The highest BCUT2D eigenvalue weighted by molar-refractivity contribution is 6.00. The Labute approximate surface area is 166 Å². The SMILES string of the molecule is CC[C@@H]1COc2cn3ncc4c3nc2N1Cc1cc(F)ccc1O[C@@H](C)NC4=O. The van der Waals surface area contributed by atoms with Gasteiger partial charge in [-0.15, -0.1) is 0 Å². The summed E-state index contributed by atoms with van der Waals surface area (Å²) in [5, 5.41) is 7.03. The molecule has 0 radical (unpaired) electrons. The number of benzene rings is 1. The molecule has 2 bridgehead atoms. The summed E-state index contributed by atoms with van der Waals surface area (Å²) < 4.78 is 27.4. The van der Waals surface area contributed by atoms with Crippen LogP contribution >= 0.6 is 0 Å². The lowest BCUT2D eigenvalue weighted by molar-refractivity contribution is 0.0851. The van der Waals surface area contributed by atoms with Gasteiger partial charge in [0.15, 0.2) is 23.4 Å². The van der Waals surface area contributed by atoms with E-state index < -0.39 is 6.23 Å². The molecule has 2 aromatic heterocycles. The number of carbonyl (C=O) groups is 1. The molecular weight excluding hydrogens is 377 g/mol. The lowest BCUT2D eigenvalue weighted by Crippen LogP contribution is -2.43. The first-order valence-corrected chi connectivity index (χ1v) is 9.57. The Hall–Kier alpha value is -3.36. The third-order valence-corrected chi connectivity index (χ3v) is 5.30. The molecule has 2 aliphatic heterocycles. The van der Waals surface area contributed by atoms with Crippen molar-refractivity contribution in [2.24, 2.45) is 0 Å². The van der Waals surface area contributed by atoms with Crippen LogP contribution in [-0.2, 0) is 6.54 Å². The fourth-order valence-corrected chi connectivity index (χ4v) is 3.80. The number of anilines is 1. The maximum Gasteiger partial charge on any atom is 0.259 e. The number of amides is 1. The molecule has 0 fully saturated rings. The highest BCUT2D eigenvalue weighted by atomic mass is 19.1. The number of halogens is 1. The van der Waals surface area contributed by atoms with Crippen molar-refractivity contribution in [1.29, 1.82) is 0 Å². The number of aromatic nitrogens is 3. The number of nitrogens with one attached hydrogen (secondary N) is 1. The monoisotopic (exact) mass is 397 g/mol. The van der Waals surface area contributed by atoms with Crippen molar-refractivity contribution in [3.8, 4) is 11.5 Å². The zero-order chi connectivity index (χ0) is 20.1. The second kappa shape index (κ2) is 6.61. The average Bonchev–Trinajstić information content (AvgIpc) is 3.11. The number of hydrogen-bond acceptors (Lipinski definition) is 6. The van der Waals surface area contributed by atoms with Gasteiger partial charge in [-0.05, 0) is 31.5 Å². The molecule has 5 rings (SSSR count). The van der Waals surface area contributed by atoms with Crippen molar-refractivity contribution < 1.29 is 18.7 Å². The first kappa shape index (κ1) is 17.7. The van der Waals surface area contributed by atoms with Crippen LogP contribution in [0, 0.1) is 5.82 Å². The molecule has 0 aliphatic carbocycles. The first-order valence-electron chi connectivity index (χ1n) is 9.57. The van der Waals surface area contributed by atoms with E-state index in [-0.39, 0.29) is 17.8 Å². The van der Waals surface area contributed by atoms with Gasteiger partial charge >= 0.3 is 0 Å². The number of nitrogens with zero attached hydrogens (tertiary/aromatic N) is 4. The Morgan fingerprint density at radius 1 is 1.34 bits per heavy atom. The van der Waals surface area contributed by atoms with E-state index in [1.807, 2.05) is 0 Å². The van der Waals surface area contributed by atoms with Crippen LogP contribution in [-0.4, -0.2) is 39.4 Å². The van der Waals surface area contributed by atoms with Gasteiger partial charge in [0.1, 0.15) is 23.7 Å². The molecule has 150 valence electrons. The van der Waals surface area contributed by atoms with Gasteiger partial charge in [-0.2, -0.15) is 5.10 Å². The lowest BCUT2D eigenvalue weighted by atomic mass is 10.1. The van der Waals surface area contributed by atoms with Crippen LogP contribution in [0.3, 0.4) is 0 Å². The minimum Gasteiger partial charge on any atom is -0.486 e. The maximum atomic E-state index is 14.0. The fraction of sp³-hybridized carbons (Fsp3) is 0.350. The van der Waals surface area contributed by atoms with Crippen LogP contribution in [0.1, 0.15) is 36.2 Å². The summed E-state index contributed by atoms with van der Waals surface area (Å²) in [6.45, 7) is 4.67. The summed E-state index contributed by atoms with van der Waals surface area (Å²) in [5.74, 6) is 0.994. The quantitative estimate of drug-likeness (QED) is 0.680. The van der Waals surface area contributed by atoms with Crippen LogP contribution in [0.15, 0.2) is 30.6 Å². The predicted octanol–water partition coefficient (Wildman–Crippen LogP) is 2.51. The van der Waals surface area contributed by atoms with Crippen LogP contribution in [0.5, 0.6) is 11.5 Å². The topological polar surface area (TPSA) is 81.0 Å². The van der Waals surface area contributed by atoms with Gasteiger partial charge in [0.2, 0.25) is 0 Å². The fourth-order valence-electron chi connectivity index (χ4n) is 3.80. The number of rotatable bonds is 1. The molecule has 0 saturated carbocycles. The highest BCUT2D eigenvalue weighted by Gasteiger charge is 2.31. The van der Waals surface area contributed by atoms with Gasteiger partial charge < -0.3 is 19.7 Å². The van der Waals surface area contributed by atoms with E-state index in [4.69, 9.17) is 14.5 Å². The first-order chi connectivity index (χ1) is 14.0. The van der Waals surface area contributed by atoms with Gasteiger partial charge in [0.25, 0.3) is 5.91 Å². The van der Waals surface area contributed by atoms with Gasteiger partial charge in [-0.1, -0.05) is 6.92 Å². The zero-order valence-corrected chi connectivity index (χ0v) is 16.1. The molecule has 1 amide bonds. The third-order valence-electron chi connectivity index (χ3n) is 5.30. The largest absolute Gasteiger partial charge is 0.486 e. The van der Waals surface area contributed by atoms with Crippen molar-refractivity contribution in [2.75, 3.05) is 11.5 Å². The summed E-state index contributed by atoms with van der Waals surface area (Å²) in [4.78, 5) is 19.6. The Bertz CT molecular complexity index is 1110. The molecular formula is C20H20FN5O3. The summed E-state index contributed by atoms with van der Waals surface area (Å²) >= 11 is 0. The van der Waals surface area contributed by atoms with Gasteiger partial charge in [-0.25, -0.2) is 13.9 Å². The Kier molecular flexibility index (Phi) is 4.04. The van der Waals surface area contributed by atoms with Gasteiger partial charge in [0.05, 0.1) is 18.4 Å². The second-order valence-electron chi connectivity index (χ2n) is 7.24. The zero-order valence-electron chi connectivity index (χ0n) is 16.1. The van der Waals surface area contributed by atoms with Crippen molar-refractivity contribution in [3.63, 3.8) is 0 Å². The third kappa shape index (κ3) is 2.93. The molecule has 1 aromatic carbocycles. The van der Waals surface area contributed by atoms with E-state index in [9.17, 15) is 9.18 Å². The number of ether oxygens (including phenoxy) is 2. The summed E-state index contributed by atoms with van der Waals surface area (Å²) in [5.41, 5.74) is 1.45. The Morgan fingerprint density at radius 3 is 3.03 bits per heavy atom. The number of hydrogen-bond donors (Lipinski definition) is 1. The Balaban J connectivity index is 1.73. The number of carbonyl (C=O) groups excluding carboxylic acids is 1. The molecule has 0 spiro atoms. The van der Waals surface area contributed by atoms with E-state index in [0.29, 0.717) is 47.2 Å². The van der Waals surface area contributed by atoms with E-state index in [2.05, 4.69) is 22.2 Å². The Morgan fingerprint density at radius 2 is 2.21 bits per heavy atom. The van der Waals surface area contributed by atoms with Crippen LogP contribution in [0.2, 0.25) is 0 Å². The van der Waals surface area contributed by atoms with Crippen molar-refractivity contribution in [2.45, 2.75) is 39.1 Å². The molecule has 0 saturated heterocycles. The summed E-state index contributed by atoms with van der Waals surface area (Å²) in [6.07, 6.45) is 3.41. The molecule has 1 N–H and O–H groups in total. The average molecular weight is 397 g/mol.